The van der Waals surface area contributed by atoms with Crippen molar-refractivity contribution in [2.24, 2.45) is 0 Å². The fraction of sp³-hybridized carbons (Fsp3) is 0.562. The van der Waals surface area contributed by atoms with Crippen molar-refractivity contribution in [2.75, 3.05) is 20.1 Å². The smallest absolute Gasteiger partial charge is 0.0960 e. The lowest BCUT2D eigenvalue weighted by Crippen LogP contribution is -2.31. The van der Waals surface area contributed by atoms with E-state index in [-0.39, 0.29) is 0 Å². The molecule has 1 aromatic carbocycles. The van der Waals surface area contributed by atoms with Gasteiger partial charge in [0.1, 0.15) is 0 Å². The highest BCUT2D eigenvalue weighted by atomic mass is 15.1. The summed E-state index contributed by atoms with van der Waals surface area (Å²) in [5.74, 6) is 0.574. The fourth-order valence-electron chi connectivity index (χ4n) is 2.97. The summed E-state index contributed by atoms with van der Waals surface area (Å²) in [4.78, 5) is 6.97. The molecule has 19 heavy (non-hydrogen) atoms. The lowest BCUT2D eigenvalue weighted by molar-refractivity contribution is 0.223. The molecule has 0 aliphatic carbocycles. The van der Waals surface area contributed by atoms with Gasteiger partial charge in [0.15, 0.2) is 0 Å². The zero-order valence-corrected chi connectivity index (χ0v) is 12.1. The number of imidazole rings is 1. The van der Waals surface area contributed by atoms with Gasteiger partial charge >= 0.3 is 0 Å². The van der Waals surface area contributed by atoms with Crippen molar-refractivity contribution in [1.29, 1.82) is 0 Å². The van der Waals surface area contributed by atoms with Crippen molar-refractivity contribution >= 4 is 11.0 Å². The Morgan fingerprint density at radius 1 is 1.21 bits per heavy atom. The van der Waals surface area contributed by atoms with Crippen LogP contribution in [0.2, 0.25) is 0 Å². The van der Waals surface area contributed by atoms with E-state index in [2.05, 4.69) is 53.5 Å². The Balaban J connectivity index is 1.97. The molecule has 2 aromatic rings. The second kappa shape index (κ2) is 4.97. The van der Waals surface area contributed by atoms with Gasteiger partial charge in [-0.05, 0) is 56.6 Å². The van der Waals surface area contributed by atoms with E-state index in [1.54, 1.807) is 0 Å². The van der Waals surface area contributed by atoms with Crippen molar-refractivity contribution in [3.05, 3.63) is 30.1 Å². The van der Waals surface area contributed by atoms with Gasteiger partial charge in [-0.15, -0.1) is 0 Å². The summed E-state index contributed by atoms with van der Waals surface area (Å²) >= 11 is 0. The zero-order valence-electron chi connectivity index (χ0n) is 12.1. The van der Waals surface area contributed by atoms with Gasteiger partial charge in [-0.25, -0.2) is 4.98 Å². The van der Waals surface area contributed by atoms with Crippen LogP contribution in [0.3, 0.4) is 0 Å². The van der Waals surface area contributed by atoms with Crippen LogP contribution >= 0.6 is 0 Å². The van der Waals surface area contributed by atoms with E-state index in [0.717, 1.165) is 5.52 Å². The van der Waals surface area contributed by atoms with Crippen molar-refractivity contribution in [3.63, 3.8) is 0 Å². The highest BCUT2D eigenvalue weighted by Gasteiger charge is 2.19. The molecule has 0 unspecified atom stereocenters. The van der Waals surface area contributed by atoms with Gasteiger partial charge < -0.3 is 9.47 Å². The molecule has 102 valence electrons. The summed E-state index contributed by atoms with van der Waals surface area (Å²) in [6.45, 7) is 6.87. The minimum Gasteiger partial charge on any atom is -0.327 e. The number of fused-ring (bicyclic) bond motifs is 1. The molecule has 3 heteroatoms. The second-order valence-corrected chi connectivity index (χ2v) is 6.09. The molecule has 1 aliphatic rings. The van der Waals surface area contributed by atoms with E-state index in [4.69, 9.17) is 0 Å². The fourth-order valence-corrected chi connectivity index (χ4v) is 2.97. The Labute approximate surface area is 115 Å². The molecule has 1 fully saturated rings. The number of hydrogen-bond acceptors (Lipinski definition) is 2. The third kappa shape index (κ3) is 2.39. The summed E-state index contributed by atoms with van der Waals surface area (Å²) in [6.07, 6.45) is 4.49. The Morgan fingerprint density at radius 3 is 2.63 bits per heavy atom. The Hall–Kier alpha value is -1.35. The maximum atomic E-state index is 4.56. The first-order chi connectivity index (χ1) is 9.15. The molecule has 0 saturated carbocycles. The molecular formula is C16H23N3. The predicted octanol–water partition coefficient (Wildman–Crippen LogP) is 3.43. The van der Waals surface area contributed by atoms with Gasteiger partial charge in [-0.3, -0.25) is 0 Å². The first kappa shape index (κ1) is 12.7. The Kier molecular flexibility index (Phi) is 3.31. The van der Waals surface area contributed by atoms with Crippen LogP contribution < -0.4 is 0 Å². The van der Waals surface area contributed by atoms with E-state index in [0.29, 0.717) is 12.0 Å². The molecule has 1 aromatic heterocycles. The molecule has 1 aliphatic heterocycles. The summed E-state index contributed by atoms with van der Waals surface area (Å²) in [6, 6.07) is 7.31. The van der Waals surface area contributed by atoms with Crippen molar-refractivity contribution in [2.45, 2.75) is 38.6 Å². The van der Waals surface area contributed by atoms with Crippen molar-refractivity contribution < 1.29 is 0 Å². The quantitative estimate of drug-likeness (QED) is 0.822. The minimum atomic E-state index is 0.574. The van der Waals surface area contributed by atoms with Gasteiger partial charge in [0.25, 0.3) is 0 Å². The number of nitrogens with zero attached hydrogens (tertiary/aromatic N) is 3. The molecule has 3 nitrogen and oxygen atoms in total. The van der Waals surface area contributed by atoms with Gasteiger partial charge in [-0.2, -0.15) is 0 Å². The monoisotopic (exact) mass is 257 g/mol. The summed E-state index contributed by atoms with van der Waals surface area (Å²) in [7, 11) is 2.21. The van der Waals surface area contributed by atoms with Gasteiger partial charge in [0.2, 0.25) is 0 Å². The zero-order chi connectivity index (χ0) is 13.4. The average molecular weight is 257 g/mol. The SMILES string of the molecule is CC(C)c1ccc2ncn(C3CCN(C)CC3)c2c1. The highest BCUT2D eigenvalue weighted by Crippen LogP contribution is 2.28. The third-order valence-corrected chi connectivity index (χ3v) is 4.35. The molecule has 0 bridgehead atoms. The summed E-state index contributed by atoms with van der Waals surface area (Å²) < 4.78 is 2.40. The Bertz CT molecular complexity index is 562. The average Bonchev–Trinajstić information content (AvgIpc) is 2.82. The molecule has 3 rings (SSSR count). The van der Waals surface area contributed by atoms with Crippen LogP contribution in [-0.4, -0.2) is 34.6 Å². The van der Waals surface area contributed by atoms with Crippen LogP contribution in [0.1, 0.15) is 44.2 Å². The molecule has 0 N–H and O–H groups in total. The molecule has 1 saturated heterocycles. The number of rotatable bonds is 2. The van der Waals surface area contributed by atoms with E-state index in [9.17, 15) is 0 Å². The summed E-state index contributed by atoms with van der Waals surface area (Å²) in [5.41, 5.74) is 3.84. The largest absolute Gasteiger partial charge is 0.327 e. The Morgan fingerprint density at radius 2 is 1.95 bits per heavy atom. The van der Waals surface area contributed by atoms with E-state index in [1.165, 1.54) is 37.0 Å². The molecule has 0 spiro atoms. The third-order valence-electron chi connectivity index (χ3n) is 4.35. The van der Waals surface area contributed by atoms with Crippen LogP contribution in [0.15, 0.2) is 24.5 Å². The number of aromatic nitrogens is 2. The normalized spacial score (nSPS) is 18.5. The molecule has 0 atom stereocenters. The van der Waals surface area contributed by atoms with Crippen LogP contribution in [0.5, 0.6) is 0 Å². The lowest BCUT2D eigenvalue weighted by Gasteiger charge is -2.30. The van der Waals surface area contributed by atoms with Crippen LogP contribution in [0.25, 0.3) is 11.0 Å². The number of piperidine rings is 1. The predicted molar refractivity (Wildman–Crippen MR) is 79.6 cm³/mol. The van der Waals surface area contributed by atoms with Crippen LogP contribution in [-0.2, 0) is 0 Å². The number of benzene rings is 1. The number of likely N-dealkylation sites (tertiary alicyclic amines) is 1. The lowest BCUT2D eigenvalue weighted by atomic mass is 10.0. The van der Waals surface area contributed by atoms with Crippen LogP contribution in [0, 0.1) is 0 Å². The summed E-state index contributed by atoms with van der Waals surface area (Å²) in [5, 5.41) is 0. The maximum absolute atomic E-state index is 4.56. The van der Waals surface area contributed by atoms with E-state index < -0.39 is 0 Å². The maximum Gasteiger partial charge on any atom is 0.0960 e. The molecule has 2 heterocycles. The topological polar surface area (TPSA) is 21.1 Å². The van der Waals surface area contributed by atoms with Crippen molar-refractivity contribution in [1.82, 2.24) is 14.5 Å². The standard InChI is InChI=1S/C16H23N3/c1-12(2)13-4-5-15-16(10-13)19(11-17-15)14-6-8-18(3)9-7-14/h4-5,10-12,14H,6-9H2,1-3H3. The van der Waals surface area contributed by atoms with E-state index >= 15 is 0 Å². The molecular weight excluding hydrogens is 234 g/mol. The minimum absolute atomic E-state index is 0.574. The van der Waals surface area contributed by atoms with Gasteiger partial charge in [0, 0.05) is 6.04 Å². The highest BCUT2D eigenvalue weighted by molar-refractivity contribution is 5.76. The second-order valence-electron chi connectivity index (χ2n) is 6.09. The molecule has 0 amide bonds. The van der Waals surface area contributed by atoms with Crippen LogP contribution in [0.4, 0.5) is 0 Å². The number of hydrogen-bond donors (Lipinski definition) is 0. The first-order valence-corrected chi connectivity index (χ1v) is 7.30. The van der Waals surface area contributed by atoms with E-state index in [1.807, 2.05) is 6.33 Å². The first-order valence-electron chi connectivity index (χ1n) is 7.30. The van der Waals surface area contributed by atoms with Crippen molar-refractivity contribution in [3.8, 4) is 0 Å². The van der Waals surface area contributed by atoms with Gasteiger partial charge in [-0.1, -0.05) is 19.9 Å². The molecule has 0 radical (unpaired) electrons. The van der Waals surface area contributed by atoms with Gasteiger partial charge in [0.05, 0.1) is 17.4 Å².